The van der Waals surface area contributed by atoms with E-state index in [0.717, 1.165) is 32.8 Å². The lowest BCUT2D eigenvalue weighted by atomic mass is 10.1. The first-order valence-corrected chi connectivity index (χ1v) is 12.8. The van der Waals surface area contributed by atoms with Crippen molar-refractivity contribution >= 4 is 54.9 Å². The minimum absolute atomic E-state index is 0.291. The van der Waals surface area contributed by atoms with Crippen molar-refractivity contribution in [1.82, 2.24) is 25.1 Å². The van der Waals surface area contributed by atoms with Gasteiger partial charge < -0.3 is 15.0 Å². The zero-order valence-electron chi connectivity index (χ0n) is 20.1. The van der Waals surface area contributed by atoms with Crippen molar-refractivity contribution < 1.29 is 9.53 Å². The number of anilines is 2. The van der Waals surface area contributed by atoms with E-state index in [4.69, 9.17) is 14.7 Å². The number of aromatic amines is 1. The SMILES string of the molecule is CC(C)(C)OC(=O)N1CC=C(c2nc(Nc3cc(C4CC4)[nH]n3)c3sc4ccccc4c3n2)CC1. The normalized spacial score (nSPS) is 16.5. The Morgan fingerprint density at radius 3 is 2.80 bits per heavy atom. The summed E-state index contributed by atoms with van der Waals surface area (Å²) in [6.45, 7) is 6.69. The molecule has 3 aromatic heterocycles. The second-order valence-corrected chi connectivity index (χ2v) is 11.2. The van der Waals surface area contributed by atoms with E-state index in [1.165, 1.54) is 23.2 Å². The van der Waals surface area contributed by atoms with Gasteiger partial charge >= 0.3 is 6.09 Å². The Hall–Kier alpha value is -3.46. The van der Waals surface area contributed by atoms with E-state index in [2.05, 4.69) is 33.7 Å². The van der Waals surface area contributed by atoms with E-state index in [-0.39, 0.29) is 6.09 Å². The van der Waals surface area contributed by atoms with Crippen LogP contribution in [0.3, 0.4) is 0 Å². The third-order valence-corrected chi connectivity index (χ3v) is 7.40. The largest absolute Gasteiger partial charge is 0.444 e. The van der Waals surface area contributed by atoms with E-state index >= 15 is 0 Å². The lowest BCUT2D eigenvalue weighted by Gasteiger charge is -2.29. The third kappa shape index (κ3) is 4.48. The molecule has 0 bridgehead atoms. The minimum atomic E-state index is -0.512. The van der Waals surface area contributed by atoms with Crippen LogP contribution in [0.25, 0.3) is 25.9 Å². The predicted molar refractivity (Wildman–Crippen MR) is 139 cm³/mol. The van der Waals surface area contributed by atoms with Crippen LogP contribution >= 0.6 is 11.3 Å². The van der Waals surface area contributed by atoms with Gasteiger partial charge in [-0.05, 0) is 51.7 Å². The first kappa shape index (κ1) is 22.0. The number of aromatic nitrogens is 4. The average molecular weight is 489 g/mol. The summed E-state index contributed by atoms with van der Waals surface area (Å²) >= 11 is 1.68. The molecule has 0 saturated heterocycles. The number of amides is 1. The maximum absolute atomic E-state index is 12.5. The molecule has 0 spiro atoms. The van der Waals surface area contributed by atoms with Crippen LogP contribution in [0.5, 0.6) is 0 Å². The summed E-state index contributed by atoms with van der Waals surface area (Å²) < 4.78 is 7.71. The fourth-order valence-corrected chi connectivity index (χ4v) is 5.40. The molecule has 1 amide bonds. The number of carbonyl (C=O) groups excluding carboxylic acids is 1. The van der Waals surface area contributed by atoms with Crippen molar-refractivity contribution in [1.29, 1.82) is 0 Å². The van der Waals surface area contributed by atoms with Crippen LogP contribution in [0.15, 0.2) is 36.4 Å². The molecule has 1 aliphatic carbocycles. The molecule has 8 nitrogen and oxygen atoms in total. The van der Waals surface area contributed by atoms with E-state index in [1.807, 2.05) is 39.0 Å². The number of nitrogens with one attached hydrogen (secondary N) is 2. The molecule has 1 aromatic carbocycles. The van der Waals surface area contributed by atoms with Gasteiger partial charge in [-0.15, -0.1) is 11.3 Å². The molecule has 1 fully saturated rings. The quantitative estimate of drug-likeness (QED) is 0.354. The fourth-order valence-electron chi connectivity index (χ4n) is 4.31. The van der Waals surface area contributed by atoms with E-state index in [1.54, 1.807) is 16.2 Å². The van der Waals surface area contributed by atoms with Gasteiger partial charge in [0.1, 0.15) is 5.60 Å². The summed E-state index contributed by atoms with van der Waals surface area (Å²) in [5, 5.41) is 12.2. The zero-order valence-corrected chi connectivity index (χ0v) is 20.9. The molecule has 1 aliphatic heterocycles. The molecule has 2 aliphatic rings. The second-order valence-electron chi connectivity index (χ2n) is 10.2. The first-order chi connectivity index (χ1) is 16.8. The summed E-state index contributed by atoms with van der Waals surface area (Å²) in [5.41, 5.74) is 2.63. The number of hydrogen-bond acceptors (Lipinski definition) is 7. The Balaban J connectivity index is 1.35. The molecule has 2 N–H and O–H groups in total. The molecular weight excluding hydrogens is 460 g/mol. The highest BCUT2D eigenvalue weighted by Crippen LogP contribution is 2.41. The monoisotopic (exact) mass is 488 g/mol. The number of hydrogen-bond donors (Lipinski definition) is 2. The van der Waals surface area contributed by atoms with Crippen LogP contribution < -0.4 is 5.32 Å². The van der Waals surface area contributed by atoms with Crippen molar-refractivity contribution in [2.45, 2.75) is 51.6 Å². The Morgan fingerprint density at radius 2 is 2.06 bits per heavy atom. The first-order valence-electron chi connectivity index (χ1n) is 12.0. The van der Waals surface area contributed by atoms with Gasteiger partial charge in [0, 0.05) is 40.9 Å². The standard InChI is InChI=1S/C26H28N6O2S/c1-26(2,3)34-25(33)32-12-10-16(11-13-32)23-28-21-17-6-4-5-7-19(17)35-22(21)24(29-23)27-20-14-18(30-31-20)15-8-9-15/h4-7,10,14-15H,8-9,11-13H2,1-3H3,(H2,27,28,29,30,31). The van der Waals surface area contributed by atoms with Crippen LogP contribution in [0.1, 0.15) is 57.5 Å². The Labute approximate surface area is 207 Å². The van der Waals surface area contributed by atoms with Crippen molar-refractivity contribution in [2.24, 2.45) is 0 Å². The summed E-state index contributed by atoms with van der Waals surface area (Å²) in [6.07, 6.45) is 4.84. The second kappa shape index (κ2) is 8.34. The van der Waals surface area contributed by atoms with Crippen LogP contribution in [0, 0.1) is 0 Å². The smallest absolute Gasteiger partial charge is 0.410 e. The number of nitrogens with zero attached hydrogens (tertiary/aromatic N) is 4. The van der Waals surface area contributed by atoms with Crippen molar-refractivity contribution in [2.75, 3.05) is 18.4 Å². The maximum Gasteiger partial charge on any atom is 0.410 e. The number of fused-ring (bicyclic) bond motifs is 3. The van der Waals surface area contributed by atoms with E-state index in [9.17, 15) is 4.79 Å². The number of ether oxygens (including phenoxy) is 1. The van der Waals surface area contributed by atoms with Gasteiger partial charge in [-0.25, -0.2) is 14.8 Å². The van der Waals surface area contributed by atoms with Crippen LogP contribution in [0.4, 0.5) is 16.4 Å². The van der Waals surface area contributed by atoms with Crippen LogP contribution in [0.2, 0.25) is 0 Å². The van der Waals surface area contributed by atoms with Gasteiger partial charge in [-0.2, -0.15) is 5.10 Å². The molecule has 4 heterocycles. The minimum Gasteiger partial charge on any atom is -0.444 e. The van der Waals surface area contributed by atoms with Gasteiger partial charge in [0.15, 0.2) is 17.5 Å². The summed E-state index contributed by atoms with van der Waals surface area (Å²) in [6, 6.07) is 10.4. The van der Waals surface area contributed by atoms with Gasteiger partial charge in [-0.3, -0.25) is 5.10 Å². The molecule has 4 aromatic rings. The molecular formula is C26H28N6O2S. The highest BCUT2D eigenvalue weighted by Gasteiger charge is 2.27. The summed E-state index contributed by atoms with van der Waals surface area (Å²) in [5.74, 6) is 2.81. The topological polar surface area (TPSA) is 96.0 Å². The Kier molecular flexibility index (Phi) is 5.25. The van der Waals surface area contributed by atoms with Crippen molar-refractivity contribution in [3.05, 3.63) is 47.9 Å². The Morgan fingerprint density at radius 1 is 1.23 bits per heavy atom. The Bertz CT molecular complexity index is 1460. The van der Waals surface area contributed by atoms with Crippen LogP contribution in [-0.4, -0.2) is 49.8 Å². The lowest BCUT2D eigenvalue weighted by molar-refractivity contribution is 0.0270. The van der Waals surface area contributed by atoms with Gasteiger partial charge in [0.05, 0.1) is 10.2 Å². The lowest BCUT2D eigenvalue weighted by Crippen LogP contribution is -2.39. The fraction of sp³-hybridized carbons (Fsp3) is 0.385. The number of benzene rings is 1. The average Bonchev–Trinajstić information content (AvgIpc) is 3.46. The summed E-state index contributed by atoms with van der Waals surface area (Å²) in [4.78, 5) is 24.1. The third-order valence-electron chi connectivity index (χ3n) is 6.23. The molecule has 180 valence electrons. The van der Waals surface area contributed by atoms with Gasteiger partial charge in [0.2, 0.25) is 0 Å². The van der Waals surface area contributed by atoms with E-state index < -0.39 is 5.60 Å². The van der Waals surface area contributed by atoms with Crippen molar-refractivity contribution in [3.63, 3.8) is 0 Å². The van der Waals surface area contributed by atoms with Gasteiger partial charge in [-0.1, -0.05) is 24.3 Å². The summed E-state index contributed by atoms with van der Waals surface area (Å²) in [7, 11) is 0. The zero-order chi connectivity index (χ0) is 24.2. The van der Waals surface area contributed by atoms with Gasteiger partial charge in [0.25, 0.3) is 0 Å². The predicted octanol–water partition coefficient (Wildman–Crippen LogP) is 6.21. The number of thiophene rings is 1. The molecule has 0 atom stereocenters. The van der Waals surface area contributed by atoms with Crippen LogP contribution in [-0.2, 0) is 4.74 Å². The highest BCUT2D eigenvalue weighted by molar-refractivity contribution is 7.26. The van der Waals surface area contributed by atoms with E-state index in [0.29, 0.717) is 31.3 Å². The number of H-pyrrole nitrogens is 1. The van der Waals surface area contributed by atoms with Crippen molar-refractivity contribution in [3.8, 4) is 0 Å². The molecule has 1 saturated carbocycles. The number of carbonyl (C=O) groups is 1. The maximum atomic E-state index is 12.5. The molecule has 9 heteroatoms. The number of rotatable bonds is 4. The molecule has 0 radical (unpaired) electrons. The molecule has 35 heavy (non-hydrogen) atoms. The molecule has 0 unspecified atom stereocenters. The molecule has 6 rings (SSSR count). The highest BCUT2D eigenvalue weighted by atomic mass is 32.1.